The summed E-state index contributed by atoms with van der Waals surface area (Å²) >= 11 is 0. The van der Waals surface area contributed by atoms with E-state index < -0.39 is 0 Å². The van der Waals surface area contributed by atoms with Crippen LogP contribution in [0.2, 0.25) is 0 Å². The van der Waals surface area contributed by atoms with Crippen molar-refractivity contribution in [2.75, 3.05) is 6.54 Å². The van der Waals surface area contributed by atoms with Crippen LogP contribution in [0.15, 0.2) is 193 Å². The first-order valence-corrected chi connectivity index (χ1v) is 19.3. The van der Waals surface area contributed by atoms with Gasteiger partial charge in [-0.05, 0) is 76.9 Å². The minimum absolute atomic E-state index is 0.0668. The highest BCUT2D eigenvalue weighted by atomic mass is 15.4. The molecule has 2 aliphatic rings. The predicted molar refractivity (Wildman–Crippen MR) is 230 cm³/mol. The molecule has 0 radical (unpaired) electrons. The van der Waals surface area contributed by atoms with Gasteiger partial charge in [-0.1, -0.05) is 127 Å². The molecule has 7 aromatic carbocycles. The summed E-state index contributed by atoms with van der Waals surface area (Å²) in [5.41, 5.74) is 11.5. The topological polar surface area (TPSA) is 70.3 Å². The number of nitrogens with zero attached hydrogens (tertiary/aromatic N) is 3. The minimum atomic E-state index is -0.189. The van der Waals surface area contributed by atoms with Crippen molar-refractivity contribution in [1.82, 2.24) is 30.4 Å². The molecule has 7 nitrogen and oxygen atoms in total. The highest BCUT2D eigenvalue weighted by Gasteiger charge is 2.32. The first-order chi connectivity index (χ1) is 27.8. The number of nitrogens with one attached hydrogen (secondary N) is 4. The van der Waals surface area contributed by atoms with Crippen LogP contribution in [0.25, 0.3) is 60.4 Å². The first kappa shape index (κ1) is 32.6. The van der Waals surface area contributed by atoms with E-state index in [1.165, 1.54) is 54.8 Å². The number of fused-ring (bicyclic) bond motifs is 6. The molecule has 4 heterocycles. The van der Waals surface area contributed by atoms with E-state index in [-0.39, 0.29) is 18.5 Å². The minimum Gasteiger partial charge on any atom is -0.352 e. The Hall–Kier alpha value is -6.77. The molecule has 2 unspecified atom stereocenters. The van der Waals surface area contributed by atoms with Gasteiger partial charge in [0.05, 0.1) is 40.1 Å². The molecule has 1 fully saturated rings. The number of hydrogen-bond acceptors (Lipinski definition) is 5. The molecular formula is C49H39N7. The quantitative estimate of drug-likeness (QED) is 0.143. The Labute approximate surface area is 324 Å². The molecule has 11 rings (SSSR count). The Morgan fingerprint density at radius 2 is 0.893 bits per heavy atom. The van der Waals surface area contributed by atoms with E-state index >= 15 is 0 Å². The van der Waals surface area contributed by atoms with Crippen LogP contribution in [0.5, 0.6) is 0 Å². The summed E-state index contributed by atoms with van der Waals surface area (Å²) in [6.45, 7) is 0.663. The van der Waals surface area contributed by atoms with Gasteiger partial charge in [-0.2, -0.15) is 0 Å². The van der Waals surface area contributed by atoms with Crippen LogP contribution in [-0.2, 0) is 0 Å². The van der Waals surface area contributed by atoms with Crippen LogP contribution >= 0.6 is 0 Å². The third-order valence-corrected chi connectivity index (χ3v) is 11.3. The van der Waals surface area contributed by atoms with Crippen LogP contribution in [-0.4, -0.2) is 27.8 Å². The smallest absolute Gasteiger partial charge is 0.208 e. The normalized spacial score (nSPS) is 18.6. The van der Waals surface area contributed by atoms with Gasteiger partial charge in [-0.25, -0.2) is 4.99 Å². The van der Waals surface area contributed by atoms with E-state index in [2.05, 4.69) is 212 Å². The number of aromatic nitrogens is 2. The van der Waals surface area contributed by atoms with Crippen molar-refractivity contribution >= 4 is 49.6 Å². The molecule has 56 heavy (non-hydrogen) atoms. The van der Waals surface area contributed by atoms with E-state index in [0.29, 0.717) is 6.54 Å². The van der Waals surface area contributed by atoms with Crippen molar-refractivity contribution in [3.8, 4) is 16.8 Å². The van der Waals surface area contributed by atoms with Gasteiger partial charge in [-0.3, -0.25) is 20.5 Å². The number of para-hydroxylation sites is 3. The molecule has 4 N–H and O–H groups in total. The van der Waals surface area contributed by atoms with Crippen molar-refractivity contribution in [1.29, 1.82) is 0 Å². The summed E-state index contributed by atoms with van der Waals surface area (Å²) in [5.74, 6) is 0.811. The van der Waals surface area contributed by atoms with Crippen LogP contribution in [0, 0.1) is 0 Å². The molecule has 7 heteroatoms. The second kappa shape index (κ2) is 13.5. The largest absolute Gasteiger partial charge is 0.352 e. The van der Waals surface area contributed by atoms with E-state index in [1.54, 1.807) is 0 Å². The van der Waals surface area contributed by atoms with Gasteiger partial charge in [-0.15, -0.1) is 0 Å². The van der Waals surface area contributed by atoms with Crippen molar-refractivity contribution in [2.24, 2.45) is 4.99 Å². The molecule has 0 amide bonds. The van der Waals surface area contributed by atoms with Crippen LogP contribution in [0.3, 0.4) is 0 Å². The Morgan fingerprint density at radius 3 is 1.48 bits per heavy atom. The summed E-state index contributed by atoms with van der Waals surface area (Å²) in [4.78, 5) is 5.35. The van der Waals surface area contributed by atoms with Gasteiger partial charge < -0.3 is 9.88 Å². The first-order valence-electron chi connectivity index (χ1n) is 19.3. The lowest BCUT2D eigenvalue weighted by Gasteiger charge is -2.40. The lowest BCUT2D eigenvalue weighted by molar-refractivity contribution is 0.221. The zero-order chi connectivity index (χ0) is 37.0. The van der Waals surface area contributed by atoms with Gasteiger partial charge >= 0.3 is 0 Å². The third-order valence-electron chi connectivity index (χ3n) is 11.3. The summed E-state index contributed by atoms with van der Waals surface area (Å²) in [6.07, 6.45) is 1.86. The van der Waals surface area contributed by atoms with Crippen molar-refractivity contribution in [3.63, 3.8) is 0 Å². The Bertz CT molecular complexity index is 2910. The standard InChI is InChI=1S/C49H39N7/c1-4-14-32(15-5-1)46-52-47(33-16-6-2-7-17-33)54-48(53-46)41-28-29-50-49(51-41)56-43-23-13-11-21-38(43)40-31-35(25-27-45(40)56)34-24-26-44-39(30-34)37-20-10-12-22-42(37)55(44)36-18-8-3-9-19-36/h1-28,30-31,46-48,52-54H,29H2,(H,50,51). The fourth-order valence-corrected chi connectivity index (χ4v) is 8.65. The molecular weight excluding hydrogens is 687 g/mol. The molecule has 2 atom stereocenters. The maximum absolute atomic E-state index is 5.35. The zero-order valence-corrected chi connectivity index (χ0v) is 30.6. The van der Waals surface area contributed by atoms with E-state index in [1.807, 2.05) is 0 Å². The molecule has 2 aliphatic heterocycles. The zero-order valence-electron chi connectivity index (χ0n) is 30.6. The molecule has 0 bridgehead atoms. The Morgan fingerprint density at radius 1 is 0.429 bits per heavy atom. The van der Waals surface area contributed by atoms with Gasteiger partial charge in [0.25, 0.3) is 0 Å². The van der Waals surface area contributed by atoms with E-state index in [4.69, 9.17) is 4.99 Å². The summed E-state index contributed by atoms with van der Waals surface area (Å²) in [6, 6.07) is 62.8. The number of rotatable bonds is 5. The number of hydrogen-bond donors (Lipinski definition) is 4. The number of aliphatic imine (C=N–C) groups is 1. The fraction of sp³-hybridized carbons (Fsp3) is 0.0816. The van der Waals surface area contributed by atoms with Crippen LogP contribution in [0.4, 0.5) is 0 Å². The third kappa shape index (κ3) is 5.52. The summed E-state index contributed by atoms with van der Waals surface area (Å²) in [7, 11) is 0. The maximum atomic E-state index is 5.35. The number of benzene rings is 7. The lowest BCUT2D eigenvalue weighted by atomic mass is 10.0. The average Bonchev–Trinajstić information content (AvgIpc) is 3.79. The van der Waals surface area contributed by atoms with Crippen molar-refractivity contribution in [2.45, 2.75) is 18.5 Å². The highest BCUT2D eigenvalue weighted by molar-refractivity contribution is 6.15. The Balaban J connectivity index is 0.987. The van der Waals surface area contributed by atoms with Gasteiger partial charge in [0.1, 0.15) is 6.17 Å². The molecule has 0 spiro atoms. The molecule has 0 saturated carbocycles. The van der Waals surface area contributed by atoms with Crippen LogP contribution in [0.1, 0.15) is 23.5 Å². The van der Waals surface area contributed by atoms with Crippen LogP contribution < -0.4 is 21.3 Å². The summed E-state index contributed by atoms with van der Waals surface area (Å²) in [5, 5.41) is 19.9. The van der Waals surface area contributed by atoms with E-state index in [9.17, 15) is 0 Å². The van der Waals surface area contributed by atoms with Gasteiger partial charge in [0, 0.05) is 33.8 Å². The Kier molecular flexibility index (Phi) is 7.88. The fourth-order valence-electron chi connectivity index (χ4n) is 8.65. The lowest BCUT2D eigenvalue weighted by Crippen LogP contribution is -2.60. The monoisotopic (exact) mass is 725 g/mol. The average molecular weight is 726 g/mol. The molecule has 0 aliphatic carbocycles. The highest BCUT2D eigenvalue weighted by Crippen LogP contribution is 2.37. The van der Waals surface area contributed by atoms with E-state index in [0.717, 1.165) is 28.4 Å². The van der Waals surface area contributed by atoms with Crippen molar-refractivity contribution < 1.29 is 0 Å². The van der Waals surface area contributed by atoms with Gasteiger partial charge in [0.15, 0.2) is 0 Å². The second-order valence-corrected chi connectivity index (χ2v) is 14.6. The SMILES string of the molecule is C1=C(C2NC(c3ccccc3)NC(c3ccccc3)N2)N=C(n2c3ccccc3c3cc(-c4ccc5c(c4)c4ccccc4n5-c4ccccc4)ccc32)NC1. The summed E-state index contributed by atoms with van der Waals surface area (Å²) < 4.78 is 4.65. The second-order valence-electron chi connectivity index (χ2n) is 14.6. The molecule has 2 aromatic heterocycles. The molecule has 270 valence electrons. The van der Waals surface area contributed by atoms with Gasteiger partial charge in [0.2, 0.25) is 5.96 Å². The van der Waals surface area contributed by atoms with Crippen molar-refractivity contribution in [3.05, 3.63) is 199 Å². The molecule has 1 saturated heterocycles. The maximum Gasteiger partial charge on any atom is 0.208 e. The predicted octanol–water partition coefficient (Wildman–Crippen LogP) is 9.76. The molecule has 9 aromatic rings.